The van der Waals surface area contributed by atoms with Crippen LogP contribution in [-0.2, 0) is 14.8 Å². The van der Waals surface area contributed by atoms with Crippen molar-refractivity contribution >= 4 is 27.6 Å². The van der Waals surface area contributed by atoms with Gasteiger partial charge in [0, 0.05) is 24.0 Å². The number of carbonyl (C=O) groups excluding carboxylic acids is 1. The lowest BCUT2D eigenvalue weighted by Crippen LogP contribution is -2.38. The standard InChI is InChI=1S/C21H19ClFN3O5S/c1-30-21(27)16-4-2-3-5-18(16)32(28,29)26-10-8-13(9-11-26)20-24-19(25-31-20)15-7-6-14(22)12-17(15)23/h2-7,12-13H,8-11H2,1H3. The SMILES string of the molecule is COC(=O)c1ccccc1S(=O)(=O)N1CCC(c2nc(-c3ccc(Cl)cc3F)no2)CC1. The molecule has 2 aromatic carbocycles. The van der Waals surface area contributed by atoms with Crippen molar-refractivity contribution in [3.8, 4) is 11.4 Å². The summed E-state index contributed by atoms with van der Waals surface area (Å²) in [6.45, 7) is 0.408. The topological polar surface area (TPSA) is 103 Å². The largest absolute Gasteiger partial charge is 0.465 e. The van der Waals surface area contributed by atoms with Gasteiger partial charge in [-0.05, 0) is 43.2 Å². The lowest BCUT2D eigenvalue weighted by molar-refractivity contribution is 0.0596. The highest BCUT2D eigenvalue weighted by Crippen LogP contribution is 2.32. The summed E-state index contributed by atoms with van der Waals surface area (Å²) in [5.41, 5.74) is 0.160. The van der Waals surface area contributed by atoms with Gasteiger partial charge in [-0.2, -0.15) is 9.29 Å². The van der Waals surface area contributed by atoms with Crippen LogP contribution < -0.4 is 0 Å². The molecule has 0 N–H and O–H groups in total. The molecule has 1 aliphatic rings. The van der Waals surface area contributed by atoms with Crippen LogP contribution >= 0.6 is 11.6 Å². The Labute approximate surface area is 189 Å². The molecule has 2 heterocycles. The minimum absolute atomic E-state index is 0.0105. The first-order valence-electron chi connectivity index (χ1n) is 9.78. The number of ether oxygens (including phenoxy) is 1. The number of hydrogen-bond donors (Lipinski definition) is 0. The number of piperidine rings is 1. The van der Waals surface area contributed by atoms with Gasteiger partial charge in [-0.1, -0.05) is 28.9 Å². The van der Waals surface area contributed by atoms with E-state index in [1.165, 1.54) is 41.7 Å². The van der Waals surface area contributed by atoms with E-state index in [2.05, 4.69) is 10.1 Å². The molecule has 0 bridgehead atoms. The van der Waals surface area contributed by atoms with Crippen LogP contribution in [0.2, 0.25) is 5.02 Å². The van der Waals surface area contributed by atoms with Crippen LogP contribution in [0.3, 0.4) is 0 Å². The molecule has 32 heavy (non-hydrogen) atoms. The number of rotatable bonds is 5. The molecule has 0 spiro atoms. The number of carbonyl (C=O) groups is 1. The molecule has 1 aromatic heterocycles. The van der Waals surface area contributed by atoms with Gasteiger partial charge in [0.25, 0.3) is 0 Å². The summed E-state index contributed by atoms with van der Waals surface area (Å²) >= 11 is 5.78. The molecular weight excluding hydrogens is 461 g/mol. The van der Waals surface area contributed by atoms with E-state index in [0.29, 0.717) is 18.7 Å². The number of hydrogen-bond acceptors (Lipinski definition) is 7. The van der Waals surface area contributed by atoms with Crippen molar-refractivity contribution in [2.24, 2.45) is 0 Å². The second-order valence-electron chi connectivity index (χ2n) is 7.25. The summed E-state index contributed by atoms with van der Waals surface area (Å²) in [5, 5.41) is 4.12. The number of methoxy groups -OCH3 is 1. The van der Waals surface area contributed by atoms with Crippen molar-refractivity contribution in [2.75, 3.05) is 20.2 Å². The summed E-state index contributed by atoms with van der Waals surface area (Å²) in [6, 6.07) is 10.1. The number of aromatic nitrogens is 2. The predicted octanol–water partition coefficient (Wildman–Crippen LogP) is 3.88. The number of nitrogens with zero attached hydrogens (tertiary/aromatic N) is 3. The Balaban J connectivity index is 1.49. The lowest BCUT2D eigenvalue weighted by atomic mass is 9.98. The van der Waals surface area contributed by atoms with Gasteiger partial charge in [0.05, 0.1) is 23.1 Å². The lowest BCUT2D eigenvalue weighted by Gasteiger charge is -2.30. The van der Waals surface area contributed by atoms with Gasteiger partial charge in [-0.15, -0.1) is 0 Å². The Morgan fingerprint density at radius 1 is 1.22 bits per heavy atom. The van der Waals surface area contributed by atoms with Gasteiger partial charge in [0.15, 0.2) is 0 Å². The summed E-state index contributed by atoms with van der Waals surface area (Å²) in [5.74, 6) is -1.02. The Kier molecular flexibility index (Phi) is 6.27. The molecule has 1 fully saturated rings. The predicted molar refractivity (Wildman–Crippen MR) is 113 cm³/mol. The Morgan fingerprint density at radius 2 is 1.94 bits per heavy atom. The second-order valence-corrected chi connectivity index (χ2v) is 9.59. The van der Waals surface area contributed by atoms with Gasteiger partial charge in [-0.3, -0.25) is 0 Å². The molecule has 0 radical (unpaired) electrons. The van der Waals surface area contributed by atoms with Crippen molar-refractivity contribution in [1.82, 2.24) is 14.4 Å². The fraction of sp³-hybridized carbons (Fsp3) is 0.286. The highest BCUT2D eigenvalue weighted by atomic mass is 35.5. The molecule has 3 aromatic rings. The minimum Gasteiger partial charge on any atom is -0.465 e. The van der Waals surface area contributed by atoms with Crippen LogP contribution in [0.4, 0.5) is 4.39 Å². The first-order valence-corrected chi connectivity index (χ1v) is 11.6. The number of esters is 1. The summed E-state index contributed by atoms with van der Waals surface area (Å²) in [7, 11) is -2.70. The van der Waals surface area contributed by atoms with Crippen LogP contribution in [0, 0.1) is 5.82 Å². The van der Waals surface area contributed by atoms with Gasteiger partial charge in [0.2, 0.25) is 21.7 Å². The average molecular weight is 480 g/mol. The third-order valence-electron chi connectivity index (χ3n) is 5.33. The molecule has 0 atom stereocenters. The zero-order valence-corrected chi connectivity index (χ0v) is 18.6. The molecular formula is C21H19ClFN3O5S. The van der Waals surface area contributed by atoms with E-state index < -0.39 is 21.8 Å². The quantitative estimate of drug-likeness (QED) is 0.511. The van der Waals surface area contributed by atoms with E-state index in [1.54, 1.807) is 12.1 Å². The molecule has 0 amide bonds. The molecule has 4 rings (SSSR count). The molecule has 1 saturated heterocycles. The molecule has 0 aliphatic carbocycles. The van der Waals surface area contributed by atoms with E-state index in [0.717, 1.165) is 0 Å². The maximum absolute atomic E-state index is 14.1. The van der Waals surface area contributed by atoms with Crippen molar-refractivity contribution < 1.29 is 26.9 Å². The third-order valence-corrected chi connectivity index (χ3v) is 7.52. The Bertz CT molecular complexity index is 1260. The van der Waals surface area contributed by atoms with Crippen molar-refractivity contribution in [3.63, 3.8) is 0 Å². The fourth-order valence-electron chi connectivity index (χ4n) is 3.63. The van der Waals surface area contributed by atoms with E-state index in [1.807, 2.05) is 0 Å². The number of benzene rings is 2. The Morgan fingerprint density at radius 3 is 2.62 bits per heavy atom. The van der Waals surface area contributed by atoms with Crippen LogP contribution in [0.25, 0.3) is 11.4 Å². The molecule has 0 unspecified atom stereocenters. The number of halogens is 2. The first-order chi connectivity index (χ1) is 15.3. The van der Waals surface area contributed by atoms with Gasteiger partial charge >= 0.3 is 5.97 Å². The zero-order chi connectivity index (χ0) is 22.9. The van der Waals surface area contributed by atoms with Crippen LogP contribution in [-0.4, -0.2) is 49.0 Å². The smallest absolute Gasteiger partial charge is 0.339 e. The average Bonchev–Trinajstić information content (AvgIpc) is 3.28. The minimum atomic E-state index is -3.90. The van der Waals surface area contributed by atoms with E-state index in [9.17, 15) is 17.6 Å². The van der Waals surface area contributed by atoms with E-state index >= 15 is 0 Å². The van der Waals surface area contributed by atoms with Crippen molar-refractivity contribution in [2.45, 2.75) is 23.7 Å². The first kappa shape index (κ1) is 22.4. The monoisotopic (exact) mass is 479 g/mol. The van der Waals surface area contributed by atoms with Crippen LogP contribution in [0.5, 0.6) is 0 Å². The molecule has 8 nitrogen and oxygen atoms in total. The van der Waals surface area contributed by atoms with Crippen molar-refractivity contribution in [3.05, 3.63) is 64.8 Å². The number of sulfonamides is 1. The Hall–Kier alpha value is -2.82. The summed E-state index contributed by atoms with van der Waals surface area (Å²) in [4.78, 5) is 16.2. The second kappa shape index (κ2) is 8.97. The molecule has 168 valence electrons. The highest BCUT2D eigenvalue weighted by molar-refractivity contribution is 7.89. The maximum atomic E-state index is 14.1. The third kappa shape index (κ3) is 4.25. The zero-order valence-electron chi connectivity index (χ0n) is 17.0. The van der Waals surface area contributed by atoms with Gasteiger partial charge in [-0.25, -0.2) is 17.6 Å². The highest BCUT2D eigenvalue weighted by Gasteiger charge is 2.34. The van der Waals surface area contributed by atoms with Gasteiger partial charge < -0.3 is 9.26 Å². The summed E-state index contributed by atoms with van der Waals surface area (Å²) < 4.78 is 51.8. The molecule has 0 saturated carbocycles. The van der Waals surface area contributed by atoms with Crippen LogP contribution in [0.15, 0.2) is 51.9 Å². The van der Waals surface area contributed by atoms with Crippen molar-refractivity contribution in [1.29, 1.82) is 0 Å². The summed E-state index contributed by atoms with van der Waals surface area (Å²) in [6.07, 6.45) is 0.870. The van der Waals surface area contributed by atoms with E-state index in [4.69, 9.17) is 20.9 Å². The fourth-order valence-corrected chi connectivity index (χ4v) is 5.44. The molecule has 1 aliphatic heterocycles. The normalized spacial score (nSPS) is 15.6. The van der Waals surface area contributed by atoms with Crippen LogP contribution in [0.1, 0.15) is 35.0 Å². The maximum Gasteiger partial charge on any atom is 0.339 e. The van der Waals surface area contributed by atoms with Gasteiger partial charge in [0.1, 0.15) is 5.82 Å². The molecule has 11 heteroatoms. The van der Waals surface area contributed by atoms with E-state index in [-0.39, 0.29) is 45.9 Å².